The molecule has 5 N–H and O–H groups in total. The molecule has 0 fully saturated rings. The van der Waals surface area contributed by atoms with E-state index in [1.807, 2.05) is 0 Å². The van der Waals surface area contributed by atoms with Gasteiger partial charge < -0.3 is 15.8 Å². The van der Waals surface area contributed by atoms with Crippen molar-refractivity contribution in [1.29, 1.82) is 0 Å². The van der Waals surface area contributed by atoms with E-state index in [0.29, 0.717) is 12.2 Å². The van der Waals surface area contributed by atoms with Crippen molar-refractivity contribution in [2.45, 2.75) is 31.7 Å². The van der Waals surface area contributed by atoms with Crippen molar-refractivity contribution in [3.8, 4) is 11.1 Å². The standard InChI is InChI=1S/C22H26F4N6O3S/c1-4-35-10-9-28-36(33,34)21(2,3)14-7-5-13(6-8-14)18-16(22(24,25)26)11-15(12-17(18)23)29-20-30-19(27)31-32-20/h5-8,11-12,28H,4,9-10H2,1-3H3,(H4,27,29,30,31,32). The number of aromatic nitrogens is 3. The third-order valence-corrected chi connectivity index (χ3v) is 7.60. The number of hydrogen-bond donors (Lipinski definition) is 4. The SMILES string of the molecule is CCOCCNS(=O)(=O)C(C)(C)c1ccc(-c2c(F)cc(Nc3n[nH]c(N)n3)cc2C(F)(F)F)cc1. The van der Waals surface area contributed by atoms with Gasteiger partial charge in [-0.25, -0.2) is 22.6 Å². The largest absolute Gasteiger partial charge is 0.417 e. The lowest BCUT2D eigenvalue weighted by molar-refractivity contribution is -0.137. The number of H-pyrrole nitrogens is 1. The van der Waals surface area contributed by atoms with E-state index >= 15 is 4.39 Å². The first-order valence-corrected chi connectivity index (χ1v) is 12.3. The van der Waals surface area contributed by atoms with E-state index in [1.54, 1.807) is 6.92 Å². The van der Waals surface area contributed by atoms with Gasteiger partial charge in [0.15, 0.2) is 0 Å². The first-order chi connectivity index (χ1) is 16.8. The maximum absolute atomic E-state index is 15.0. The van der Waals surface area contributed by atoms with Gasteiger partial charge in [-0.15, -0.1) is 5.10 Å². The molecule has 14 heteroatoms. The summed E-state index contributed by atoms with van der Waals surface area (Å²) in [6.07, 6.45) is -4.89. The van der Waals surface area contributed by atoms with E-state index in [9.17, 15) is 21.6 Å². The summed E-state index contributed by atoms with van der Waals surface area (Å²) >= 11 is 0. The quantitative estimate of drug-likeness (QED) is 0.229. The van der Waals surface area contributed by atoms with Crippen LogP contribution in [0.2, 0.25) is 0 Å². The third kappa shape index (κ3) is 5.94. The van der Waals surface area contributed by atoms with Crippen molar-refractivity contribution in [3.63, 3.8) is 0 Å². The number of nitrogens with two attached hydrogens (primary N) is 1. The fourth-order valence-electron chi connectivity index (χ4n) is 3.42. The van der Waals surface area contributed by atoms with Gasteiger partial charge in [-0.05, 0) is 44.0 Å². The number of nitrogen functional groups attached to an aromatic ring is 1. The Bertz CT molecular complexity index is 1310. The van der Waals surface area contributed by atoms with Crippen LogP contribution >= 0.6 is 0 Å². The Labute approximate surface area is 205 Å². The molecule has 1 aromatic heterocycles. The van der Waals surface area contributed by atoms with Crippen LogP contribution in [-0.2, 0) is 25.7 Å². The highest BCUT2D eigenvalue weighted by molar-refractivity contribution is 7.90. The second kappa shape index (κ2) is 10.4. The van der Waals surface area contributed by atoms with E-state index < -0.39 is 37.9 Å². The minimum atomic E-state index is -4.89. The number of sulfonamides is 1. The monoisotopic (exact) mass is 530 g/mol. The normalized spacial score (nSPS) is 12.6. The second-order valence-electron chi connectivity index (χ2n) is 8.23. The van der Waals surface area contributed by atoms with Gasteiger partial charge in [0.1, 0.15) is 10.6 Å². The fourth-order valence-corrected chi connectivity index (χ4v) is 4.58. The van der Waals surface area contributed by atoms with Gasteiger partial charge in [-0.2, -0.15) is 18.2 Å². The van der Waals surface area contributed by atoms with Crippen LogP contribution in [0.25, 0.3) is 11.1 Å². The molecule has 36 heavy (non-hydrogen) atoms. The van der Waals surface area contributed by atoms with E-state index in [1.165, 1.54) is 38.1 Å². The van der Waals surface area contributed by atoms with Gasteiger partial charge in [0.25, 0.3) is 0 Å². The Morgan fingerprint density at radius 1 is 1.14 bits per heavy atom. The minimum absolute atomic E-state index is 0.0681. The van der Waals surface area contributed by atoms with Crippen LogP contribution in [-0.4, -0.2) is 43.4 Å². The lowest BCUT2D eigenvalue weighted by Crippen LogP contribution is -2.41. The predicted molar refractivity (Wildman–Crippen MR) is 127 cm³/mol. The van der Waals surface area contributed by atoms with Crippen molar-refractivity contribution in [1.82, 2.24) is 19.9 Å². The Morgan fingerprint density at radius 2 is 1.81 bits per heavy atom. The van der Waals surface area contributed by atoms with Gasteiger partial charge in [0.2, 0.25) is 21.9 Å². The topological polar surface area (TPSA) is 135 Å². The molecule has 0 aliphatic rings. The molecule has 0 unspecified atom stereocenters. The van der Waals surface area contributed by atoms with Crippen LogP contribution in [0.15, 0.2) is 36.4 Å². The zero-order chi connectivity index (χ0) is 26.7. The number of anilines is 3. The van der Waals surface area contributed by atoms with Crippen LogP contribution in [0.5, 0.6) is 0 Å². The molecule has 0 aliphatic heterocycles. The number of nitrogens with one attached hydrogen (secondary N) is 3. The predicted octanol–water partition coefficient (Wildman–Crippen LogP) is 4.15. The first kappa shape index (κ1) is 27.4. The Balaban J connectivity index is 1.95. The van der Waals surface area contributed by atoms with E-state index in [2.05, 4.69) is 25.2 Å². The molecule has 0 aliphatic carbocycles. The molecule has 2 aromatic carbocycles. The van der Waals surface area contributed by atoms with Crippen LogP contribution in [0.4, 0.5) is 35.1 Å². The molecule has 0 atom stereocenters. The van der Waals surface area contributed by atoms with Crippen molar-refractivity contribution < 1.29 is 30.7 Å². The zero-order valence-electron chi connectivity index (χ0n) is 19.7. The molecule has 0 saturated carbocycles. The Morgan fingerprint density at radius 3 is 2.36 bits per heavy atom. The number of alkyl halides is 3. The zero-order valence-corrected chi connectivity index (χ0v) is 20.5. The summed E-state index contributed by atoms with van der Waals surface area (Å²) in [6.45, 7) is 5.40. The molecule has 0 spiro atoms. The number of rotatable bonds is 10. The van der Waals surface area contributed by atoms with Crippen LogP contribution in [0, 0.1) is 5.82 Å². The van der Waals surface area contributed by atoms with E-state index in [4.69, 9.17) is 10.5 Å². The molecule has 9 nitrogen and oxygen atoms in total. The molecule has 196 valence electrons. The average molecular weight is 531 g/mol. The average Bonchev–Trinajstić information content (AvgIpc) is 3.20. The van der Waals surface area contributed by atoms with Crippen LogP contribution in [0.3, 0.4) is 0 Å². The second-order valence-corrected chi connectivity index (χ2v) is 10.5. The van der Waals surface area contributed by atoms with Crippen molar-refractivity contribution >= 4 is 27.6 Å². The first-order valence-electron chi connectivity index (χ1n) is 10.8. The maximum atomic E-state index is 15.0. The molecular formula is C22H26F4N6O3S. The van der Waals surface area contributed by atoms with Crippen molar-refractivity contribution in [3.05, 3.63) is 53.3 Å². The summed E-state index contributed by atoms with van der Waals surface area (Å²) in [7, 11) is -3.86. The molecule has 0 bridgehead atoms. The number of ether oxygens (including phenoxy) is 1. The summed E-state index contributed by atoms with van der Waals surface area (Å²) in [4.78, 5) is 3.72. The Kier molecular flexibility index (Phi) is 7.91. The van der Waals surface area contributed by atoms with Gasteiger partial charge >= 0.3 is 6.18 Å². The summed E-state index contributed by atoms with van der Waals surface area (Å²) in [5.41, 5.74) is 3.49. The lowest BCUT2D eigenvalue weighted by atomic mass is 9.94. The molecular weight excluding hydrogens is 504 g/mol. The van der Waals surface area contributed by atoms with Crippen molar-refractivity contribution in [2.24, 2.45) is 0 Å². The van der Waals surface area contributed by atoms with E-state index in [0.717, 1.165) is 12.1 Å². The summed E-state index contributed by atoms with van der Waals surface area (Å²) < 4.78 is 88.4. The number of hydrogen-bond acceptors (Lipinski definition) is 7. The molecule has 0 radical (unpaired) electrons. The van der Waals surface area contributed by atoms with E-state index in [-0.39, 0.29) is 36.3 Å². The van der Waals surface area contributed by atoms with Gasteiger partial charge in [-0.3, -0.25) is 0 Å². The van der Waals surface area contributed by atoms with Crippen molar-refractivity contribution in [2.75, 3.05) is 30.8 Å². The number of benzene rings is 2. The maximum Gasteiger partial charge on any atom is 0.417 e. The smallest absolute Gasteiger partial charge is 0.380 e. The lowest BCUT2D eigenvalue weighted by Gasteiger charge is -2.26. The summed E-state index contributed by atoms with van der Waals surface area (Å²) in [5.74, 6) is -1.34. The van der Waals surface area contributed by atoms with Gasteiger partial charge in [0.05, 0.1) is 12.2 Å². The van der Waals surface area contributed by atoms with Gasteiger partial charge in [-0.1, -0.05) is 24.3 Å². The minimum Gasteiger partial charge on any atom is -0.380 e. The molecule has 0 amide bonds. The van der Waals surface area contributed by atoms with Gasteiger partial charge in [0, 0.05) is 24.4 Å². The highest BCUT2D eigenvalue weighted by Gasteiger charge is 2.38. The fraction of sp³-hybridized carbons (Fsp3) is 0.364. The number of aromatic amines is 1. The van der Waals surface area contributed by atoms with Crippen LogP contribution in [0.1, 0.15) is 31.9 Å². The third-order valence-electron chi connectivity index (χ3n) is 5.44. The highest BCUT2D eigenvalue weighted by Crippen LogP contribution is 2.41. The van der Waals surface area contributed by atoms with Crippen LogP contribution < -0.4 is 15.8 Å². The number of nitrogens with zero attached hydrogens (tertiary/aromatic N) is 2. The summed E-state index contributed by atoms with van der Waals surface area (Å²) in [6, 6.07) is 6.84. The number of halogens is 4. The molecule has 1 heterocycles. The Hall–Kier alpha value is -3.23. The molecule has 3 aromatic rings. The molecule has 3 rings (SSSR count). The summed E-state index contributed by atoms with van der Waals surface area (Å²) in [5, 5.41) is 8.44. The highest BCUT2D eigenvalue weighted by atomic mass is 32.2. The molecule has 0 saturated heterocycles.